The number of aliphatic hydroxyl groups excluding tert-OH is 1. The molecule has 1 amide bonds. The van der Waals surface area contributed by atoms with Gasteiger partial charge in [-0.3, -0.25) is 9.69 Å². The zero-order valence-corrected chi connectivity index (χ0v) is 20.5. The van der Waals surface area contributed by atoms with Gasteiger partial charge in [-0.2, -0.15) is 0 Å². The molecule has 182 valence electrons. The Kier molecular flexibility index (Phi) is 8.95. The Labute approximate surface area is 197 Å². The standard InChI is InChI=1S/C26H38N2O5/c1-17-18(2)25(32-5)7-6-24(17)19(3)28-10-8-21(9-11-28)27-26(30)20-14-22(31-4)16-23(15-20)33-13-12-29/h6-7,14-15,19,21-22,29H,8-13,16H2,1-5H3,(H,27,30). The van der Waals surface area contributed by atoms with Gasteiger partial charge in [-0.15, -0.1) is 0 Å². The normalized spacial score (nSPS) is 20.6. The van der Waals surface area contributed by atoms with Crippen molar-refractivity contribution in [2.24, 2.45) is 0 Å². The summed E-state index contributed by atoms with van der Waals surface area (Å²) in [6.45, 7) is 8.52. The predicted molar refractivity (Wildman–Crippen MR) is 128 cm³/mol. The first kappa shape index (κ1) is 25.3. The number of carbonyl (C=O) groups excluding carboxylic acids is 1. The third-order valence-corrected chi connectivity index (χ3v) is 6.89. The fraction of sp³-hybridized carbons (Fsp3) is 0.577. The van der Waals surface area contributed by atoms with E-state index in [9.17, 15) is 4.79 Å². The number of nitrogens with one attached hydrogen (secondary N) is 1. The van der Waals surface area contributed by atoms with Crippen LogP contribution in [0.25, 0.3) is 0 Å². The largest absolute Gasteiger partial charge is 0.496 e. The highest BCUT2D eigenvalue weighted by molar-refractivity contribution is 5.96. The summed E-state index contributed by atoms with van der Waals surface area (Å²) in [5.41, 5.74) is 4.35. The summed E-state index contributed by atoms with van der Waals surface area (Å²) in [5.74, 6) is 1.49. The number of likely N-dealkylation sites (tertiary alicyclic amines) is 1. The molecular formula is C26H38N2O5. The molecule has 1 aliphatic heterocycles. The third-order valence-electron chi connectivity index (χ3n) is 6.89. The van der Waals surface area contributed by atoms with Gasteiger partial charge in [-0.1, -0.05) is 6.07 Å². The van der Waals surface area contributed by atoms with Gasteiger partial charge in [-0.25, -0.2) is 0 Å². The van der Waals surface area contributed by atoms with E-state index in [1.807, 2.05) is 6.08 Å². The van der Waals surface area contributed by atoms with Crippen LogP contribution in [-0.2, 0) is 14.3 Å². The molecule has 0 bridgehead atoms. The number of amides is 1. The second-order valence-electron chi connectivity index (χ2n) is 8.85. The number of ether oxygens (including phenoxy) is 3. The van der Waals surface area contributed by atoms with Crippen LogP contribution in [0.15, 0.2) is 35.6 Å². The fourth-order valence-corrected chi connectivity index (χ4v) is 4.69. The van der Waals surface area contributed by atoms with Crippen molar-refractivity contribution < 1.29 is 24.1 Å². The smallest absolute Gasteiger partial charge is 0.251 e. The minimum absolute atomic E-state index is 0.0627. The maximum absolute atomic E-state index is 12.9. The molecular weight excluding hydrogens is 420 g/mol. The molecule has 7 nitrogen and oxygen atoms in total. The van der Waals surface area contributed by atoms with Crippen LogP contribution < -0.4 is 10.1 Å². The molecule has 33 heavy (non-hydrogen) atoms. The van der Waals surface area contributed by atoms with Crippen molar-refractivity contribution in [3.63, 3.8) is 0 Å². The van der Waals surface area contributed by atoms with Crippen LogP contribution >= 0.6 is 0 Å². The van der Waals surface area contributed by atoms with Crippen LogP contribution in [0.4, 0.5) is 0 Å². The van der Waals surface area contributed by atoms with Crippen molar-refractivity contribution in [1.29, 1.82) is 0 Å². The van der Waals surface area contributed by atoms with E-state index in [-0.39, 0.29) is 31.3 Å². The fourth-order valence-electron chi connectivity index (χ4n) is 4.69. The van der Waals surface area contributed by atoms with Crippen molar-refractivity contribution in [2.45, 2.75) is 58.2 Å². The molecule has 2 atom stereocenters. The van der Waals surface area contributed by atoms with Gasteiger partial charge in [-0.05, 0) is 68.5 Å². The lowest BCUT2D eigenvalue weighted by Gasteiger charge is -2.37. The number of aliphatic hydroxyl groups is 1. The van der Waals surface area contributed by atoms with Gasteiger partial charge in [0.2, 0.25) is 0 Å². The lowest BCUT2D eigenvalue weighted by Crippen LogP contribution is -2.45. The number of carbonyl (C=O) groups is 1. The van der Waals surface area contributed by atoms with Crippen LogP contribution in [0.3, 0.4) is 0 Å². The molecule has 0 radical (unpaired) electrons. The molecule has 1 aromatic carbocycles. The van der Waals surface area contributed by atoms with Crippen LogP contribution in [0, 0.1) is 13.8 Å². The molecule has 2 N–H and O–H groups in total. The Bertz CT molecular complexity index is 887. The first-order valence-corrected chi connectivity index (χ1v) is 11.8. The average Bonchev–Trinajstić information content (AvgIpc) is 2.84. The van der Waals surface area contributed by atoms with Gasteiger partial charge in [0.1, 0.15) is 12.4 Å². The number of benzene rings is 1. The van der Waals surface area contributed by atoms with Crippen LogP contribution in [0.1, 0.15) is 48.9 Å². The highest BCUT2D eigenvalue weighted by Gasteiger charge is 2.27. The Morgan fingerprint density at radius 2 is 1.94 bits per heavy atom. The third kappa shape index (κ3) is 6.16. The van der Waals surface area contributed by atoms with Gasteiger partial charge < -0.3 is 24.6 Å². The topological polar surface area (TPSA) is 80.3 Å². The van der Waals surface area contributed by atoms with Crippen LogP contribution in [0.2, 0.25) is 0 Å². The van der Waals surface area contributed by atoms with Crippen molar-refractivity contribution in [3.8, 4) is 5.75 Å². The Morgan fingerprint density at radius 1 is 1.21 bits per heavy atom. The second kappa shape index (κ2) is 11.7. The van der Waals surface area contributed by atoms with Crippen LogP contribution in [0.5, 0.6) is 5.75 Å². The summed E-state index contributed by atoms with van der Waals surface area (Å²) in [4.78, 5) is 15.4. The van der Waals surface area contributed by atoms with Crippen LogP contribution in [-0.4, -0.2) is 68.6 Å². The number of hydrogen-bond acceptors (Lipinski definition) is 6. The lowest BCUT2D eigenvalue weighted by atomic mass is 9.94. The molecule has 1 heterocycles. The van der Waals surface area contributed by atoms with Gasteiger partial charge in [0.25, 0.3) is 5.91 Å². The molecule has 2 unspecified atom stereocenters. The summed E-state index contributed by atoms with van der Waals surface area (Å²) in [6.07, 6.45) is 5.77. The van der Waals surface area contributed by atoms with E-state index in [2.05, 4.69) is 43.1 Å². The highest BCUT2D eigenvalue weighted by atomic mass is 16.5. The van der Waals surface area contributed by atoms with Gasteiger partial charge >= 0.3 is 0 Å². The Balaban J connectivity index is 1.58. The predicted octanol–water partition coefficient (Wildman–Crippen LogP) is 3.19. The minimum Gasteiger partial charge on any atom is -0.496 e. The van der Waals surface area contributed by atoms with Crippen molar-refractivity contribution in [3.05, 3.63) is 52.3 Å². The van der Waals surface area contributed by atoms with Crippen molar-refractivity contribution in [1.82, 2.24) is 10.2 Å². The SMILES string of the molecule is COc1ccc(C(C)N2CCC(NC(=O)C3=CC(OC)CC(OCCO)=C3)CC2)c(C)c1C. The van der Waals surface area contributed by atoms with Gasteiger partial charge in [0.15, 0.2) is 0 Å². The van der Waals surface area contributed by atoms with E-state index in [4.69, 9.17) is 19.3 Å². The maximum atomic E-state index is 12.9. The van der Waals surface area contributed by atoms with E-state index < -0.39 is 0 Å². The Hall–Kier alpha value is -2.35. The van der Waals surface area contributed by atoms with Gasteiger partial charge in [0.05, 0.1) is 25.6 Å². The Morgan fingerprint density at radius 3 is 2.58 bits per heavy atom. The molecule has 7 heteroatoms. The highest BCUT2D eigenvalue weighted by Crippen LogP contribution is 2.32. The summed E-state index contributed by atoms with van der Waals surface area (Å²) in [7, 11) is 3.33. The monoisotopic (exact) mass is 458 g/mol. The molecule has 0 saturated carbocycles. The van der Waals surface area contributed by atoms with E-state index in [1.54, 1.807) is 20.3 Å². The average molecular weight is 459 g/mol. The molecule has 3 rings (SSSR count). The zero-order valence-electron chi connectivity index (χ0n) is 20.5. The summed E-state index contributed by atoms with van der Waals surface area (Å²) >= 11 is 0. The molecule has 1 aromatic rings. The van der Waals surface area contributed by atoms with E-state index in [0.29, 0.717) is 23.8 Å². The van der Waals surface area contributed by atoms with E-state index >= 15 is 0 Å². The summed E-state index contributed by atoms with van der Waals surface area (Å²) in [6, 6.07) is 4.67. The number of rotatable bonds is 9. The molecule has 0 spiro atoms. The minimum atomic E-state index is -0.205. The molecule has 2 aliphatic rings. The zero-order chi connectivity index (χ0) is 24.0. The first-order valence-electron chi connectivity index (χ1n) is 11.8. The second-order valence-corrected chi connectivity index (χ2v) is 8.85. The maximum Gasteiger partial charge on any atom is 0.251 e. The van der Waals surface area contributed by atoms with E-state index in [1.165, 1.54) is 16.7 Å². The summed E-state index contributed by atoms with van der Waals surface area (Å²) < 4.78 is 16.4. The molecule has 1 fully saturated rings. The summed E-state index contributed by atoms with van der Waals surface area (Å²) in [5, 5.41) is 12.2. The lowest BCUT2D eigenvalue weighted by molar-refractivity contribution is -0.118. The first-order chi connectivity index (χ1) is 15.9. The number of hydrogen-bond donors (Lipinski definition) is 2. The number of methoxy groups -OCH3 is 2. The molecule has 0 aromatic heterocycles. The number of piperidine rings is 1. The van der Waals surface area contributed by atoms with Crippen molar-refractivity contribution in [2.75, 3.05) is 40.5 Å². The van der Waals surface area contributed by atoms with Crippen molar-refractivity contribution >= 4 is 5.91 Å². The van der Waals surface area contributed by atoms with E-state index in [0.717, 1.165) is 31.7 Å². The quantitative estimate of drug-likeness (QED) is 0.592. The molecule has 1 aliphatic carbocycles. The molecule has 1 saturated heterocycles. The number of nitrogens with zero attached hydrogens (tertiary/aromatic N) is 1. The van der Waals surface area contributed by atoms with Gasteiger partial charge in [0, 0.05) is 44.3 Å².